The monoisotopic (exact) mass is 619 g/mol. The summed E-state index contributed by atoms with van der Waals surface area (Å²) in [4.78, 5) is 20.3. The van der Waals surface area contributed by atoms with Crippen molar-refractivity contribution in [2.45, 2.75) is 45.7 Å². The smallest absolute Gasteiger partial charge is 0.416 e. The Hall–Kier alpha value is -5.61. The summed E-state index contributed by atoms with van der Waals surface area (Å²) in [6.45, 7) is 5.75. The molecule has 10 heteroatoms. The van der Waals surface area contributed by atoms with E-state index >= 15 is 0 Å². The highest BCUT2D eigenvalue weighted by Crippen LogP contribution is 2.52. The Morgan fingerprint density at radius 3 is 2.41 bits per heavy atom. The molecule has 0 saturated heterocycles. The standard InChI is InChI=1S/C36H28F3N5O2/c1-20-7-12-28-22(13-20)14-26(34(43-28)46-25-10-8-21(18-40)9-11-25)31-27(19-41)33(42)44(24-6-4-5-23(15-24)36(37,38)39)29-16-35(2,3)17-30(45)32(29)31/h4-15,31H,16-17,42H2,1-3H3. The van der Waals surface area contributed by atoms with Crippen LogP contribution in [0, 0.1) is 35.0 Å². The molecule has 7 nitrogen and oxygen atoms in total. The van der Waals surface area contributed by atoms with Crippen LogP contribution >= 0.6 is 0 Å². The van der Waals surface area contributed by atoms with Gasteiger partial charge in [-0.25, -0.2) is 4.98 Å². The number of fused-ring (bicyclic) bond motifs is 1. The number of benzene rings is 3. The SMILES string of the molecule is Cc1ccc2nc(Oc3ccc(C#N)cc3)c(C3C(C#N)=C(N)N(c4cccc(C(F)(F)F)c4)C4=C3C(=O)CC(C)(C)C4)cc2c1. The predicted octanol–water partition coefficient (Wildman–Crippen LogP) is 8.17. The minimum Gasteiger partial charge on any atom is -0.439 e. The van der Waals surface area contributed by atoms with E-state index in [4.69, 9.17) is 15.5 Å². The average Bonchev–Trinajstić information content (AvgIpc) is 3.00. The number of rotatable bonds is 4. The van der Waals surface area contributed by atoms with Gasteiger partial charge in [-0.3, -0.25) is 9.69 Å². The molecule has 46 heavy (non-hydrogen) atoms. The number of Topliss-reactive ketones (excluding diaryl/α,β-unsaturated/α-hetero) is 1. The van der Waals surface area contributed by atoms with Gasteiger partial charge in [0.1, 0.15) is 11.6 Å². The van der Waals surface area contributed by atoms with Gasteiger partial charge in [0.25, 0.3) is 0 Å². The molecule has 0 bridgehead atoms. The number of alkyl halides is 3. The maximum atomic E-state index is 14.1. The van der Waals surface area contributed by atoms with Gasteiger partial charge in [-0.2, -0.15) is 23.7 Å². The third kappa shape index (κ3) is 5.43. The zero-order chi connectivity index (χ0) is 33.0. The van der Waals surface area contributed by atoms with Crippen LogP contribution in [0.4, 0.5) is 18.9 Å². The van der Waals surface area contributed by atoms with Crippen LogP contribution in [0.3, 0.4) is 0 Å². The van der Waals surface area contributed by atoms with Crippen LogP contribution in [-0.4, -0.2) is 10.8 Å². The highest BCUT2D eigenvalue weighted by molar-refractivity contribution is 6.02. The molecule has 2 N–H and O–H groups in total. The van der Waals surface area contributed by atoms with Crippen LogP contribution in [0.2, 0.25) is 0 Å². The van der Waals surface area contributed by atoms with Gasteiger partial charge in [-0.05, 0) is 79.4 Å². The molecule has 1 aromatic heterocycles. The zero-order valence-corrected chi connectivity index (χ0v) is 25.2. The number of hydrogen-bond acceptors (Lipinski definition) is 7. The summed E-state index contributed by atoms with van der Waals surface area (Å²) >= 11 is 0. The number of carbonyl (C=O) groups is 1. The molecule has 0 fully saturated rings. The number of pyridine rings is 1. The fourth-order valence-electron chi connectivity index (χ4n) is 6.23. The maximum Gasteiger partial charge on any atom is 0.416 e. The van der Waals surface area contributed by atoms with Crippen molar-refractivity contribution in [3.8, 4) is 23.8 Å². The van der Waals surface area contributed by atoms with Crippen molar-refractivity contribution in [1.82, 2.24) is 4.98 Å². The molecule has 1 atom stereocenters. The molecule has 3 aromatic carbocycles. The maximum absolute atomic E-state index is 14.1. The number of ether oxygens (including phenoxy) is 1. The molecule has 2 aliphatic rings. The molecule has 0 radical (unpaired) electrons. The number of hydrogen-bond donors (Lipinski definition) is 1. The van der Waals surface area contributed by atoms with E-state index in [0.717, 1.165) is 23.1 Å². The molecular weight excluding hydrogens is 591 g/mol. The molecule has 230 valence electrons. The Balaban J connectivity index is 1.62. The van der Waals surface area contributed by atoms with E-state index in [9.17, 15) is 28.5 Å². The van der Waals surface area contributed by atoms with Gasteiger partial charge in [-0.1, -0.05) is 31.5 Å². The quantitative estimate of drug-likeness (QED) is 0.245. The van der Waals surface area contributed by atoms with Crippen molar-refractivity contribution >= 4 is 22.4 Å². The van der Waals surface area contributed by atoms with Crippen LogP contribution in [0.1, 0.15) is 54.9 Å². The first kappa shape index (κ1) is 30.4. The number of ketones is 1. The lowest BCUT2D eigenvalue weighted by Crippen LogP contribution is -2.42. The van der Waals surface area contributed by atoms with Crippen molar-refractivity contribution in [2.24, 2.45) is 11.1 Å². The van der Waals surface area contributed by atoms with Gasteiger partial charge >= 0.3 is 6.18 Å². The second kappa shape index (κ2) is 11.1. The number of nitrogens with two attached hydrogens (primary N) is 1. The molecule has 0 spiro atoms. The highest BCUT2D eigenvalue weighted by Gasteiger charge is 2.46. The number of nitrogens with zero attached hydrogens (tertiary/aromatic N) is 4. The Morgan fingerprint density at radius 1 is 1.00 bits per heavy atom. The summed E-state index contributed by atoms with van der Waals surface area (Å²) in [6.07, 6.45) is -4.15. The van der Waals surface area contributed by atoms with Crippen LogP contribution < -0.4 is 15.4 Å². The van der Waals surface area contributed by atoms with E-state index in [2.05, 4.69) is 12.1 Å². The normalized spacial score (nSPS) is 17.9. The lowest BCUT2D eigenvalue weighted by molar-refractivity contribution is -0.137. The fourth-order valence-corrected chi connectivity index (χ4v) is 6.23. The average molecular weight is 620 g/mol. The van der Waals surface area contributed by atoms with Gasteiger partial charge in [0.05, 0.1) is 40.3 Å². The lowest BCUT2D eigenvalue weighted by atomic mass is 9.68. The third-order valence-electron chi connectivity index (χ3n) is 8.28. The molecule has 2 heterocycles. The van der Waals surface area contributed by atoms with Crippen LogP contribution in [0.25, 0.3) is 10.9 Å². The highest BCUT2D eigenvalue weighted by atomic mass is 19.4. The Labute approximate surface area is 263 Å². The summed E-state index contributed by atoms with van der Waals surface area (Å²) in [5, 5.41) is 20.6. The number of aryl methyl sites for hydroxylation is 1. The number of halogens is 3. The molecule has 4 aromatic rings. The number of aromatic nitrogens is 1. The second-order valence-electron chi connectivity index (χ2n) is 12.3. The van der Waals surface area contributed by atoms with Crippen molar-refractivity contribution in [3.63, 3.8) is 0 Å². The third-order valence-corrected chi connectivity index (χ3v) is 8.28. The summed E-state index contributed by atoms with van der Waals surface area (Å²) in [6, 6.07) is 22.8. The summed E-state index contributed by atoms with van der Waals surface area (Å²) in [7, 11) is 0. The van der Waals surface area contributed by atoms with Gasteiger partial charge in [-0.15, -0.1) is 0 Å². The zero-order valence-electron chi connectivity index (χ0n) is 25.2. The van der Waals surface area contributed by atoms with Gasteiger partial charge in [0.15, 0.2) is 5.78 Å². The second-order valence-corrected chi connectivity index (χ2v) is 12.3. The van der Waals surface area contributed by atoms with E-state index in [1.807, 2.05) is 45.0 Å². The van der Waals surface area contributed by atoms with E-state index in [0.29, 0.717) is 34.5 Å². The molecule has 1 aliphatic carbocycles. The number of carbonyl (C=O) groups excluding carboxylic acids is 1. The number of nitriles is 2. The number of anilines is 1. The van der Waals surface area contributed by atoms with Crippen molar-refractivity contribution in [3.05, 3.63) is 118 Å². The number of allylic oxidation sites excluding steroid dienone is 3. The van der Waals surface area contributed by atoms with Gasteiger partial charge in [0.2, 0.25) is 5.88 Å². The molecule has 0 amide bonds. The summed E-state index contributed by atoms with van der Waals surface area (Å²) < 4.78 is 47.6. The van der Waals surface area contributed by atoms with Crippen molar-refractivity contribution in [1.29, 1.82) is 10.5 Å². The van der Waals surface area contributed by atoms with E-state index in [1.165, 1.54) is 17.0 Å². The minimum absolute atomic E-state index is 0.0114. The van der Waals surface area contributed by atoms with Crippen LogP contribution in [0.5, 0.6) is 11.6 Å². The van der Waals surface area contributed by atoms with E-state index in [1.54, 1.807) is 24.3 Å². The molecular formula is C36H28F3N5O2. The molecule has 6 rings (SSSR count). The van der Waals surface area contributed by atoms with Crippen molar-refractivity contribution < 1.29 is 22.7 Å². The topological polar surface area (TPSA) is 116 Å². The Bertz CT molecular complexity index is 2060. The molecule has 0 saturated carbocycles. The predicted molar refractivity (Wildman–Crippen MR) is 166 cm³/mol. The largest absolute Gasteiger partial charge is 0.439 e. The van der Waals surface area contributed by atoms with Crippen molar-refractivity contribution in [2.75, 3.05) is 4.90 Å². The lowest BCUT2D eigenvalue weighted by Gasteiger charge is -2.44. The summed E-state index contributed by atoms with van der Waals surface area (Å²) in [5.41, 5.74) is 8.51. The Kier molecular flexibility index (Phi) is 7.33. The molecule has 1 aliphatic heterocycles. The van der Waals surface area contributed by atoms with Gasteiger partial charge in [0, 0.05) is 34.3 Å². The molecule has 1 unspecified atom stereocenters. The van der Waals surface area contributed by atoms with E-state index in [-0.39, 0.29) is 40.7 Å². The fraction of sp³-hybridized carbons (Fsp3) is 0.222. The van der Waals surface area contributed by atoms with Crippen LogP contribution in [-0.2, 0) is 11.0 Å². The first-order valence-electron chi connectivity index (χ1n) is 14.5. The van der Waals surface area contributed by atoms with Crippen LogP contribution in [0.15, 0.2) is 95.5 Å². The van der Waals surface area contributed by atoms with Gasteiger partial charge < -0.3 is 10.5 Å². The first-order valence-corrected chi connectivity index (χ1v) is 14.5. The summed E-state index contributed by atoms with van der Waals surface area (Å²) in [5.74, 6) is -0.826. The first-order chi connectivity index (χ1) is 21.8. The van der Waals surface area contributed by atoms with E-state index < -0.39 is 23.1 Å². The minimum atomic E-state index is -4.61. The Morgan fingerprint density at radius 2 is 1.74 bits per heavy atom.